The van der Waals surface area contributed by atoms with Crippen LogP contribution in [0.1, 0.15) is 41.0 Å². The zero-order valence-corrected chi connectivity index (χ0v) is 30.9. The molecule has 0 aliphatic carbocycles. The van der Waals surface area contributed by atoms with Crippen molar-refractivity contribution in [2.24, 2.45) is 4.99 Å². The Labute approximate surface area is 299 Å². The highest BCUT2D eigenvalue weighted by atomic mass is 31.2. The number of aliphatic imine (C=N–C) groups is 1. The Morgan fingerprint density at radius 2 is 1.61 bits per heavy atom. The monoisotopic (exact) mass is 716 g/mol. The fourth-order valence-electron chi connectivity index (χ4n) is 4.98. The number of amides is 2. The Hall–Kier alpha value is -5.00. The van der Waals surface area contributed by atoms with E-state index in [1.807, 2.05) is 43.3 Å². The zero-order chi connectivity index (χ0) is 36.9. The molecular formula is C35H45N10O5P. The number of para-hydroxylation sites is 2. The van der Waals surface area contributed by atoms with E-state index in [4.69, 9.17) is 19.0 Å². The second kappa shape index (κ2) is 18.8. The third-order valence-corrected chi connectivity index (χ3v) is 9.12. The number of ether oxygens (including phenoxy) is 1. The number of hydrogen-bond acceptors (Lipinski definition) is 11. The maximum absolute atomic E-state index is 13.7. The van der Waals surface area contributed by atoms with Crippen molar-refractivity contribution < 1.29 is 23.4 Å². The van der Waals surface area contributed by atoms with Crippen LogP contribution in [0.3, 0.4) is 0 Å². The van der Waals surface area contributed by atoms with E-state index in [0.29, 0.717) is 16.9 Å². The lowest BCUT2D eigenvalue weighted by molar-refractivity contribution is -0.122. The molecule has 0 saturated heterocycles. The number of nitrogens with zero attached hydrogens (tertiary/aromatic N) is 9. The summed E-state index contributed by atoms with van der Waals surface area (Å²) in [5.41, 5.74) is 1.75. The lowest BCUT2D eigenvalue weighted by atomic mass is 10.2. The number of aromatic nitrogens is 4. The largest absolute Gasteiger partial charge is 0.426 e. The summed E-state index contributed by atoms with van der Waals surface area (Å²) >= 11 is 0. The second-order valence-electron chi connectivity index (χ2n) is 12.3. The first kappa shape index (κ1) is 38.8. The van der Waals surface area contributed by atoms with E-state index in [1.54, 1.807) is 49.6 Å². The molecular weight excluding hydrogens is 671 g/mol. The van der Waals surface area contributed by atoms with Crippen molar-refractivity contribution >= 4 is 55.2 Å². The van der Waals surface area contributed by atoms with Gasteiger partial charge in [0.25, 0.3) is 8.53 Å². The van der Waals surface area contributed by atoms with Gasteiger partial charge in [-0.25, -0.2) is 24.3 Å². The van der Waals surface area contributed by atoms with Gasteiger partial charge in [-0.2, -0.15) is 15.2 Å². The smallest absolute Gasteiger partial charge is 0.373 e. The summed E-state index contributed by atoms with van der Waals surface area (Å²) in [4.78, 5) is 47.9. The van der Waals surface area contributed by atoms with Gasteiger partial charge in [0.1, 0.15) is 6.54 Å². The molecule has 0 radical (unpaired) electrons. The first-order valence-electron chi connectivity index (χ1n) is 16.5. The molecule has 4 aromatic rings. The van der Waals surface area contributed by atoms with Gasteiger partial charge in [-0.3, -0.25) is 4.79 Å². The molecule has 2 amide bonds. The third kappa shape index (κ3) is 11.0. The van der Waals surface area contributed by atoms with Gasteiger partial charge in [0, 0.05) is 32.2 Å². The molecule has 1 unspecified atom stereocenters. The van der Waals surface area contributed by atoms with Crippen molar-refractivity contribution in [2.75, 3.05) is 32.2 Å². The van der Waals surface area contributed by atoms with Crippen LogP contribution in [-0.4, -0.2) is 92.9 Å². The summed E-state index contributed by atoms with van der Waals surface area (Å²) in [5, 5.41) is 11.9. The van der Waals surface area contributed by atoms with Crippen LogP contribution in [0, 0.1) is 11.3 Å². The van der Waals surface area contributed by atoms with Gasteiger partial charge in [-0.05, 0) is 58.9 Å². The van der Waals surface area contributed by atoms with Gasteiger partial charge in [0.15, 0.2) is 17.0 Å². The molecule has 16 heteroatoms. The molecule has 2 aromatic heterocycles. The highest BCUT2D eigenvalue weighted by Crippen LogP contribution is 2.46. The van der Waals surface area contributed by atoms with Crippen LogP contribution in [0.25, 0.3) is 11.2 Å². The first-order chi connectivity index (χ1) is 24.5. The summed E-state index contributed by atoms with van der Waals surface area (Å²) in [5.74, 6) is -0.160. The van der Waals surface area contributed by atoms with Crippen molar-refractivity contribution in [3.05, 3.63) is 67.0 Å². The molecule has 2 atom stereocenters. The summed E-state index contributed by atoms with van der Waals surface area (Å²) in [6, 6.07) is 19.9. The lowest BCUT2D eigenvalue weighted by Crippen LogP contribution is -2.39. The Balaban J connectivity index is 1.54. The molecule has 2 aromatic carbocycles. The van der Waals surface area contributed by atoms with Gasteiger partial charge >= 0.3 is 12.1 Å². The van der Waals surface area contributed by atoms with Crippen LogP contribution >= 0.6 is 8.53 Å². The van der Waals surface area contributed by atoms with E-state index in [0.717, 1.165) is 0 Å². The van der Waals surface area contributed by atoms with E-state index in [-0.39, 0.29) is 67.7 Å². The topological polar surface area (TPSA) is 163 Å². The molecule has 0 bridgehead atoms. The summed E-state index contributed by atoms with van der Waals surface area (Å²) in [7, 11) is 2.15. The highest BCUT2D eigenvalue weighted by molar-refractivity contribution is 7.44. The van der Waals surface area contributed by atoms with Crippen LogP contribution in [0.2, 0.25) is 0 Å². The number of benzene rings is 2. The average Bonchev–Trinajstić information content (AvgIpc) is 3.48. The lowest BCUT2D eigenvalue weighted by Gasteiger charge is -2.36. The minimum absolute atomic E-state index is 0.139. The number of anilines is 2. The third-order valence-electron chi connectivity index (χ3n) is 7.04. The average molecular weight is 717 g/mol. The maximum atomic E-state index is 13.7. The number of carbonyl (C=O) groups is 2. The number of fused-ring (bicyclic) bond motifs is 1. The molecule has 0 spiro atoms. The van der Waals surface area contributed by atoms with Gasteiger partial charge in [0.2, 0.25) is 5.91 Å². The Bertz CT molecular complexity index is 1750. The minimum atomic E-state index is -1.46. The molecule has 1 N–H and O–H groups in total. The number of nitrogens with one attached hydrogen (secondary N) is 1. The minimum Gasteiger partial charge on any atom is -0.373 e. The van der Waals surface area contributed by atoms with Crippen molar-refractivity contribution in [1.82, 2.24) is 34.4 Å². The molecule has 0 aliphatic heterocycles. The Kier molecular flexibility index (Phi) is 14.3. The fraction of sp³-hybridized carbons (Fsp3) is 0.400. The van der Waals surface area contributed by atoms with Crippen LogP contribution in [-0.2, 0) is 20.4 Å². The van der Waals surface area contributed by atoms with Gasteiger partial charge in [-0.15, -0.1) is 0 Å². The summed E-state index contributed by atoms with van der Waals surface area (Å²) in [6.07, 6.45) is 2.52. The Morgan fingerprint density at radius 3 is 2.18 bits per heavy atom. The molecule has 0 aliphatic rings. The number of imidazole rings is 1. The van der Waals surface area contributed by atoms with Crippen molar-refractivity contribution in [3.63, 3.8) is 0 Å². The predicted octanol–water partition coefficient (Wildman–Crippen LogP) is 6.18. The van der Waals surface area contributed by atoms with Crippen molar-refractivity contribution in [1.29, 1.82) is 5.26 Å². The van der Waals surface area contributed by atoms with Crippen molar-refractivity contribution in [2.45, 2.75) is 65.7 Å². The van der Waals surface area contributed by atoms with E-state index in [9.17, 15) is 9.59 Å². The van der Waals surface area contributed by atoms with Gasteiger partial charge < -0.3 is 28.6 Å². The van der Waals surface area contributed by atoms with E-state index >= 15 is 0 Å². The maximum Gasteiger partial charge on any atom is 0.426 e. The highest BCUT2D eigenvalue weighted by Gasteiger charge is 2.28. The van der Waals surface area contributed by atoms with Crippen molar-refractivity contribution in [3.8, 4) is 12.1 Å². The fourth-order valence-corrected chi connectivity index (χ4v) is 6.67. The number of nitriles is 1. The molecule has 4 rings (SSSR count). The molecule has 51 heavy (non-hydrogen) atoms. The number of hydrogen-bond donors (Lipinski definition) is 1. The molecule has 270 valence electrons. The van der Waals surface area contributed by atoms with Crippen LogP contribution < -0.4 is 15.0 Å². The van der Waals surface area contributed by atoms with Crippen LogP contribution in [0.5, 0.6) is 6.01 Å². The van der Waals surface area contributed by atoms with E-state index in [1.165, 1.54) is 15.8 Å². The number of carbonyl (C=O) groups excluding carboxylic acids is 2. The van der Waals surface area contributed by atoms with Crippen LogP contribution in [0.15, 0.2) is 72.0 Å². The standard InChI is InChI=1S/C35H45N10O5P/c1-25(2)45(26(3)4)51(48-20-14-19-36)49-22-27(5)39-30(46)21-43-24-37-31-32(38-23-42(6)7)40-34(41-33(31)43)50-35(47)44(28-15-10-8-11-16-28)29-17-12-9-13-18-29/h8-13,15-18,23-27H,14,20-22H2,1-7H3,(H,39,46)/t27-,51?/m0/s1. The second-order valence-corrected chi connectivity index (χ2v) is 13.7. The SMILES string of the molecule is CC(C)N(C(C)C)P(OCCC#N)OC[C@H](C)NC(=O)Cn1cnc2c(N=CN(C)C)nc(OC(=O)N(c3ccccc3)c3ccccc3)nc21. The molecule has 2 heterocycles. The Morgan fingerprint density at radius 1 is 0.980 bits per heavy atom. The predicted molar refractivity (Wildman–Crippen MR) is 197 cm³/mol. The van der Waals surface area contributed by atoms with Gasteiger partial charge in [0.05, 0.1) is 49.7 Å². The zero-order valence-electron chi connectivity index (χ0n) is 30.0. The summed E-state index contributed by atoms with van der Waals surface area (Å²) < 4.78 is 21.6. The van der Waals surface area contributed by atoms with Crippen LogP contribution in [0.4, 0.5) is 22.0 Å². The molecule has 15 nitrogen and oxygen atoms in total. The van der Waals surface area contributed by atoms with Gasteiger partial charge in [-0.1, -0.05) is 36.4 Å². The van der Waals surface area contributed by atoms with E-state index in [2.05, 4.69) is 63.7 Å². The first-order valence-corrected chi connectivity index (χ1v) is 17.7. The molecule has 0 saturated carbocycles. The molecule has 0 fully saturated rings. The van der Waals surface area contributed by atoms with E-state index < -0.39 is 14.6 Å². The quantitative estimate of drug-likeness (QED) is 0.0574. The summed E-state index contributed by atoms with van der Waals surface area (Å²) in [6.45, 7) is 10.4. The normalized spacial score (nSPS) is 12.7. The number of rotatable bonds is 17.